The number of nitrogens with zero attached hydrogens (tertiary/aromatic N) is 5. The number of hydrogen-bond acceptors (Lipinski definition) is 6. The number of carbonyl (C=O) groups excluding carboxylic acids is 1. The zero-order chi connectivity index (χ0) is 30.8. The van der Waals surface area contributed by atoms with Gasteiger partial charge in [-0.3, -0.25) is 14.3 Å². The fraction of sp³-hybridized carbons (Fsp3) is 0.156. The van der Waals surface area contributed by atoms with E-state index in [1.165, 1.54) is 47.2 Å². The van der Waals surface area contributed by atoms with Crippen molar-refractivity contribution >= 4 is 17.4 Å². The van der Waals surface area contributed by atoms with Crippen molar-refractivity contribution in [3.63, 3.8) is 0 Å². The minimum atomic E-state index is -0.796. The van der Waals surface area contributed by atoms with Gasteiger partial charge in [0.05, 0.1) is 11.8 Å². The Morgan fingerprint density at radius 1 is 1.02 bits per heavy atom. The van der Waals surface area contributed by atoms with Crippen LogP contribution in [0.5, 0.6) is 0 Å². The van der Waals surface area contributed by atoms with E-state index in [1.807, 2.05) is 19.2 Å². The Balaban J connectivity index is 1.50. The fourth-order valence-electron chi connectivity index (χ4n) is 4.74. The monoisotopic (exact) mass is 579 g/mol. The molecule has 0 saturated heterocycles. The molecule has 0 fully saturated rings. The summed E-state index contributed by atoms with van der Waals surface area (Å²) in [6.07, 6.45) is 6.43. The topological polar surface area (TPSA) is 132 Å². The Labute approximate surface area is 245 Å². The van der Waals surface area contributed by atoms with Gasteiger partial charge in [0.15, 0.2) is 0 Å². The van der Waals surface area contributed by atoms with Crippen molar-refractivity contribution in [1.29, 1.82) is 5.26 Å². The van der Waals surface area contributed by atoms with Crippen molar-refractivity contribution in [3.05, 3.63) is 106 Å². The summed E-state index contributed by atoms with van der Waals surface area (Å²) in [7, 11) is 0. The van der Waals surface area contributed by atoms with Gasteiger partial charge in [-0.25, -0.2) is 13.8 Å². The number of aromatic nitrogens is 4. The van der Waals surface area contributed by atoms with E-state index in [0.717, 1.165) is 11.6 Å². The Kier molecular flexibility index (Phi) is 7.86. The summed E-state index contributed by atoms with van der Waals surface area (Å²) in [6, 6.07) is 12.6. The smallest absolute Gasteiger partial charge is 0.261 e. The molecule has 0 bridgehead atoms. The van der Waals surface area contributed by atoms with E-state index in [9.17, 15) is 19.2 Å². The van der Waals surface area contributed by atoms with Crippen molar-refractivity contribution in [1.82, 2.24) is 19.3 Å². The van der Waals surface area contributed by atoms with E-state index in [0.29, 0.717) is 17.7 Å². The third-order valence-corrected chi connectivity index (χ3v) is 7.00. The molecule has 2 aromatic carbocycles. The third-order valence-electron chi connectivity index (χ3n) is 7.00. The molecule has 5 rings (SSSR count). The zero-order valence-electron chi connectivity index (χ0n) is 23.6. The molecule has 0 unspecified atom stereocenters. The third kappa shape index (κ3) is 5.63. The van der Waals surface area contributed by atoms with Gasteiger partial charge in [-0.15, -0.1) is 0 Å². The van der Waals surface area contributed by atoms with Gasteiger partial charge in [0.25, 0.3) is 5.91 Å². The highest BCUT2D eigenvalue weighted by molar-refractivity contribution is 6.05. The van der Waals surface area contributed by atoms with E-state index in [2.05, 4.69) is 15.4 Å². The quantitative estimate of drug-likeness (QED) is 0.242. The van der Waals surface area contributed by atoms with Crippen LogP contribution in [0.25, 0.3) is 33.4 Å². The number of nitrogens with one attached hydrogen (secondary N) is 1. The minimum absolute atomic E-state index is 0.0299. The Morgan fingerprint density at radius 3 is 2.40 bits per heavy atom. The summed E-state index contributed by atoms with van der Waals surface area (Å²) >= 11 is 0. The number of hydrogen-bond donors (Lipinski definition) is 2. The maximum absolute atomic E-state index is 15.4. The summed E-state index contributed by atoms with van der Waals surface area (Å²) in [6.45, 7) is 6.24. The van der Waals surface area contributed by atoms with Crippen molar-refractivity contribution < 1.29 is 13.6 Å². The first kappa shape index (κ1) is 28.9. The number of aryl methyl sites for hydroxylation is 1. The molecule has 0 atom stereocenters. The van der Waals surface area contributed by atoms with Crippen LogP contribution in [0, 0.1) is 23.0 Å². The number of nitrogens with two attached hydrogens (primary N) is 1. The lowest BCUT2D eigenvalue weighted by atomic mass is 10.00. The molecule has 5 aromatic rings. The number of anilines is 2. The lowest BCUT2D eigenvalue weighted by Crippen LogP contribution is -2.27. The van der Waals surface area contributed by atoms with Gasteiger partial charge in [-0.1, -0.05) is 12.1 Å². The second-order valence-electron chi connectivity index (χ2n) is 10.1. The van der Waals surface area contributed by atoms with Crippen LogP contribution in [-0.4, -0.2) is 25.2 Å². The summed E-state index contributed by atoms with van der Waals surface area (Å²) in [5.41, 5.74) is 7.57. The minimum Gasteiger partial charge on any atom is -0.383 e. The molecule has 3 heterocycles. The lowest BCUT2D eigenvalue weighted by molar-refractivity contribution is 0.102. The first-order chi connectivity index (χ1) is 20.6. The van der Waals surface area contributed by atoms with Crippen LogP contribution in [0.1, 0.15) is 42.9 Å². The first-order valence-corrected chi connectivity index (χ1v) is 13.5. The SMILES string of the molecule is CCn1cc(-c2cnc(N)c(-c3ccc(NC(=O)c4cn(C(C)C)c(C#N)c(-c5ccc(F)cc5)c4=O)cc3F)c2)cn1. The fourth-order valence-corrected chi connectivity index (χ4v) is 4.74. The van der Waals surface area contributed by atoms with E-state index in [4.69, 9.17) is 5.73 Å². The number of carbonyl (C=O) groups is 1. The molecule has 9 nitrogen and oxygen atoms in total. The van der Waals surface area contributed by atoms with Crippen molar-refractivity contribution in [2.45, 2.75) is 33.4 Å². The molecule has 0 aliphatic rings. The normalized spacial score (nSPS) is 11.0. The van der Waals surface area contributed by atoms with Crippen LogP contribution in [0.4, 0.5) is 20.3 Å². The summed E-state index contributed by atoms with van der Waals surface area (Å²) in [4.78, 5) is 31.1. The molecular weight excluding hydrogens is 552 g/mol. The highest BCUT2D eigenvalue weighted by atomic mass is 19.1. The Morgan fingerprint density at radius 2 is 1.77 bits per heavy atom. The molecular formula is C32H27F2N7O2. The Bertz CT molecular complexity index is 1950. The largest absolute Gasteiger partial charge is 0.383 e. The van der Waals surface area contributed by atoms with Crippen LogP contribution in [0.2, 0.25) is 0 Å². The number of halogens is 2. The molecule has 0 aliphatic carbocycles. The summed E-state index contributed by atoms with van der Waals surface area (Å²) in [5, 5.41) is 16.7. The predicted molar refractivity (Wildman–Crippen MR) is 160 cm³/mol. The van der Waals surface area contributed by atoms with Gasteiger partial charge in [0.1, 0.15) is 34.8 Å². The Hall–Kier alpha value is -5.63. The van der Waals surface area contributed by atoms with Gasteiger partial charge in [0, 0.05) is 59.1 Å². The zero-order valence-corrected chi connectivity index (χ0v) is 23.6. The average molecular weight is 580 g/mol. The predicted octanol–water partition coefficient (Wildman–Crippen LogP) is 6.03. The number of nitriles is 1. The van der Waals surface area contributed by atoms with Gasteiger partial charge in [0.2, 0.25) is 5.43 Å². The van der Waals surface area contributed by atoms with E-state index < -0.39 is 23.0 Å². The van der Waals surface area contributed by atoms with Crippen LogP contribution in [-0.2, 0) is 6.54 Å². The van der Waals surface area contributed by atoms with Gasteiger partial charge < -0.3 is 15.6 Å². The number of rotatable bonds is 7. The summed E-state index contributed by atoms with van der Waals surface area (Å²) < 4.78 is 32.3. The van der Waals surface area contributed by atoms with E-state index >= 15 is 4.39 Å². The molecule has 1 amide bonds. The van der Waals surface area contributed by atoms with Crippen molar-refractivity contribution in [3.8, 4) is 39.4 Å². The van der Waals surface area contributed by atoms with Gasteiger partial charge in [-0.2, -0.15) is 10.4 Å². The van der Waals surface area contributed by atoms with E-state index in [1.54, 1.807) is 37.0 Å². The molecule has 3 aromatic heterocycles. The lowest BCUT2D eigenvalue weighted by Gasteiger charge is -2.18. The molecule has 0 aliphatic heterocycles. The number of pyridine rings is 2. The van der Waals surface area contributed by atoms with E-state index in [-0.39, 0.29) is 45.5 Å². The second-order valence-corrected chi connectivity index (χ2v) is 10.1. The highest BCUT2D eigenvalue weighted by Gasteiger charge is 2.23. The number of nitrogen functional groups attached to an aromatic ring is 1. The highest BCUT2D eigenvalue weighted by Crippen LogP contribution is 2.32. The van der Waals surface area contributed by atoms with Crippen LogP contribution < -0.4 is 16.5 Å². The second kappa shape index (κ2) is 11.7. The maximum atomic E-state index is 15.4. The van der Waals surface area contributed by atoms with Gasteiger partial charge in [-0.05, 0) is 62.7 Å². The molecule has 216 valence electrons. The van der Waals surface area contributed by atoms with Crippen LogP contribution >= 0.6 is 0 Å². The molecule has 0 saturated carbocycles. The van der Waals surface area contributed by atoms with Crippen molar-refractivity contribution in [2.75, 3.05) is 11.1 Å². The number of benzene rings is 2. The molecule has 3 N–H and O–H groups in total. The first-order valence-electron chi connectivity index (χ1n) is 13.5. The van der Waals surface area contributed by atoms with Crippen LogP contribution in [0.15, 0.2) is 78.1 Å². The number of amides is 1. The molecule has 43 heavy (non-hydrogen) atoms. The summed E-state index contributed by atoms with van der Waals surface area (Å²) in [5.74, 6) is -1.85. The maximum Gasteiger partial charge on any atom is 0.261 e. The molecule has 11 heteroatoms. The molecule has 0 spiro atoms. The van der Waals surface area contributed by atoms with Crippen LogP contribution in [0.3, 0.4) is 0 Å². The molecule has 0 radical (unpaired) electrons. The van der Waals surface area contributed by atoms with Gasteiger partial charge >= 0.3 is 0 Å². The van der Waals surface area contributed by atoms with Crippen molar-refractivity contribution in [2.24, 2.45) is 0 Å². The standard InChI is InChI=1S/C32H27F2N7O2/c1-4-40-16-21(15-38-40)20-11-25(31(36)37-14-20)24-10-9-23(12-27(24)34)39-32(43)26-17-41(18(2)3)28(13-35)29(30(26)42)19-5-7-22(33)8-6-19/h5-12,14-18H,4H2,1-3H3,(H2,36,37)(H,39,43). The average Bonchev–Trinajstić information content (AvgIpc) is 3.47.